The molecule has 5 nitrogen and oxygen atoms in total. The van der Waals surface area contributed by atoms with Crippen molar-refractivity contribution in [3.05, 3.63) is 33.9 Å². The van der Waals surface area contributed by atoms with E-state index in [9.17, 15) is 10.1 Å². The molecule has 5 heteroatoms. The Kier molecular flexibility index (Phi) is 5.18. The molecule has 0 radical (unpaired) electrons. The number of hydrogen-bond donors (Lipinski definition) is 1. The summed E-state index contributed by atoms with van der Waals surface area (Å²) in [7, 11) is 0. The SMILES string of the molecule is C#CCN1CCC(Nc2ccc(CC)c([N+](=O)[O-])c2)CC1. The van der Waals surface area contributed by atoms with E-state index < -0.39 is 0 Å². The van der Waals surface area contributed by atoms with Crippen LogP contribution in [0, 0.1) is 22.5 Å². The lowest BCUT2D eigenvalue weighted by Crippen LogP contribution is -2.39. The Balaban J connectivity index is 1.99. The lowest BCUT2D eigenvalue weighted by atomic mass is 10.0. The monoisotopic (exact) mass is 287 g/mol. The summed E-state index contributed by atoms with van der Waals surface area (Å²) in [5, 5.41) is 14.5. The molecule has 112 valence electrons. The van der Waals surface area contributed by atoms with Crippen molar-refractivity contribution in [3.8, 4) is 12.3 Å². The number of aryl methyl sites for hydroxylation is 1. The van der Waals surface area contributed by atoms with Gasteiger partial charge in [-0.25, -0.2) is 0 Å². The third-order valence-corrected chi connectivity index (χ3v) is 3.94. The molecular weight excluding hydrogens is 266 g/mol. The largest absolute Gasteiger partial charge is 0.382 e. The van der Waals surface area contributed by atoms with Gasteiger partial charge in [-0.05, 0) is 25.3 Å². The second-order valence-electron chi connectivity index (χ2n) is 5.35. The predicted octanol–water partition coefficient (Wildman–Crippen LogP) is 2.67. The van der Waals surface area contributed by atoms with E-state index in [1.165, 1.54) is 0 Å². The van der Waals surface area contributed by atoms with Crippen LogP contribution in [0.15, 0.2) is 18.2 Å². The van der Waals surface area contributed by atoms with Gasteiger partial charge in [0.2, 0.25) is 0 Å². The first-order valence-corrected chi connectivity index (χ1v) is 7.33. The summed E-state index contributed by atoms with van der Waals surface area (Å²) in [6.45, 7) is 4.56. The van der Waals surface area contributed by atoms with Crippen molar-refractivity contribution in [1.82, 2.24) is 4.90 Å². The Bertz CT molecular complexity index is 543. The Morgan fingerprint density at radius 2 is 2.19 bits per heavy atom. The van der Waals surface area contributed by atoms with E-state index in [-0.39, 0.29) is 10.6 Å². The number of benzene rings is 1. The van der Waals surface area contributed by atoms with Gasteiger partial charge >= 0.3 is 0 Å². The topological polar surface area (TPSA) is 58.4 Å². The standard InChI is InChI=1S/C16H21N3O2/c1-3-9-18-10-7-14(8-11-18)17-15-6-5-13(4-2)16(12-15)19(20)21/h1,5-6,12,14,17H,4,7-11H2,2H3. The number of nitrogens with zero attached hydrogens (tertiary/aromatic N) is 2. The second kappa shape index (κ2) is 7.09. The van der Waals surface area contributed by atoms with E-state index in [4.69, 9.17) is 6.42 Å². The minimum absolute atomic E-state index is 0.201. The third kappa shape index (κ3) is 3.96. The molecule has 1 saturated heterocycles. The average Bonchev–Trinajstić information content (AvgIpc) is 2.49. The number of hydrogen-bond acceptors (Lipinski definition) is 4. The zero-order chi connectivity index (χ0) is 15.2. The molecule has 0 spiro atoms. The van der Waals surface area contributed by atoms with Crippen LogP contribution in [0.1, 0.15) is 25.3 Å². The summed E-state index contributed by atoms with van der Waals surface area (Å²) in [6.07, 6.45) is 8.00. The van der Waals surface area contributed by atoms with Crippen molar-refractivity contribution >= 4 is 11.4 Å². The molecule has 0 aromatic heterocycles. The van der Waals surface area contributed by atoms with Gasteiger partial charge in [-0.1, -0.05) is 18.9 Å². The molecule has 0 amide bonds. The van der Waals surface area contributed by atoms with Crippen molar-refractivity contribution in [2.24, 2.45) is 0 Å². The highest BCUT2D eigenvalue weighted by atomic mass is 16.6. The summed E-state index contributed by atoms with van der Waals surface area (Å²) in [5.74, 6) is 2.67. The quantitative estimate of drug-likeness (QED) is 0.514. The molecule has 1 heterocycles. The van der Waals surface area contributed by atoms with Crippen molar-refractivity contribution in [3.63, 3.8) is 0 Å². The molecule has 1 aliphatic rings. The molecule has 1 N–H and O–H groups in total. The van der Waals surface area contributed by atoms with Crippen LogP contribution in [0.5, 0.6) is 0 Å². The van der Waals surface area contributed by atoms with Crippen molar-refractivity contribution in [1.29, 1.82) is 0 Å². The van der Waals surface area contributed by atoms with Gasteiger partial charge in [0.05, 0.1) is 11.5 Å². The number of nitro groups is 1. The van der Waals surface area contributed by atoms with E-state index in [2.05, 4.69) is 16.1 Å². The van der Waals surface area contributed by atoms with Gasteiger partial charge in [-0.15, -0.1) is 6.42 Å². The number of likely N-dealkylation sites (tertiary alicyclic amines) is 1. The molecule has 1 aliphatic heterocycles. The highest BCUT2D eigenvalue weighted by molar-refractivity contribution is 5.55. The normalized spacial score (nSPS) is 16.4. The fourth-order valence-corrected chi connectivity index (χ4v) is 2.72. The van der Waals surface area contributed by atoms with Crippen LogP contribution in [0.4, 0.5) is 11.4 Å². The zero-order valence-electron chi connectivity index (χ0n) is 12.3. The Morgan fingerprint density at radius 3 is 2.76 bits per heavy atom. The van der Waals surface area contributed by atoms with Crippen LogP contribution in [-0.4, -0.2) is 35.5 Å². The highest BCUT2D eigenvalue weighted by Gasteiger charge is 2.19. The minimum atomic E-state index is -0.306. The number of piperidine rings is 1. The van der Waals surface area contributed by atoms with Crippen molar-refractivity contribution in [2.75, 3.05) is 25.0 Å². The van der Waals surface area contributed by atoms with Crippen LogP contribution >= 0.6 is 0 Å². The number of nitrogens with one attached hydrogen (secondary N) is 1. The molecule has 2 rings (SSSR count). The first-order chi connectivity index (χ1) is 10.1. The summed E-state index contributed by atoms with van der Waals surface area (Å²) < 4.78 is 0. The maximum absolute atomic E-state index is 11.1. The second-order valence-corrected chi connectivity index (χ2v) is 5.35. The van der Waals surface area contributed by atoms with E-state index in [0.717, 1.165) is 37.2 Å². The van der Waals surface area contributed by atoms with Gasteiger partial charge in [0, 0.05) is 36.4 Å². The van der Waals surface area contributed by atoms with Gasteiger partial charge in [0.15, 0.2) is 0 Å². The van der Waals surface area contributed by atoms with E-state index >= 15 is 0 Å². The molecule has 0 atom stereocenters. The maximum atomic E-state index is 11.1. The van der Waals surface area contributed by atoms with Gasteiger partial charge in [0.25, 0.3) is 5.69 Å². The predicted molar refractivity (Wildman–Crippen MR) is 84.4 cm³/mol. The van der Waals surface area contributed by atoms with Gasteiger partial charge in [0.1, 0.15) is 0 Å². The molecule has 21 heavy (non-hydrogen) atoms. The highest BCUT2D eigenvalue weighted by Crippen LogP contribution is 2.25. The number of terminal acetylenes is 1. The van der Waals surface area contributed by atoms with Gasteiger partial charge in [-0.2, -0.15) is 0 Å². The smallest absolute Gasteiger partial charge is 0.274 e. The summed E-state index contributed by atoms with van der Waals surface area (Å²) in [5.41, 5.74) is 1.80. The summed E-state index contributed by atoms with van der Waals surface area (Å²) >= 11 is 0. The molecular formula is C16H21N3O2. The van der Waals surface area contributed by atoms with Gasteiger partial charge < -0.3 is 5.32 Å². The Labute approximate surface area is 125 Å². The lowest BCUT2D eigenvalue weighted by molar-refractivity contribution is -0.385. The Morgan fingerprint density at radius 1 is 1.48 bits per heavy atom. The fourth-order valence-electron chi connectivity index (χ4n) is 2.72. The zero-order valence-corrected chi connectivity index (χ0v) is 12.3. The number of anilines is 1. The first-order valence-electron chi connectivity index (χ1n) is 7.33. The van der Waals surface area contributed by atoms with Crippen LogP contribution < -0.4 is 5.32 Å². The molecule has 0 bridgehead atoms. The molecule has 1 aromatic carbocycles. The van der Waals surface area contributed by atoms with Crippen LogP contribution in [0.3, 0.4) is 0 Å². The average molecular weight is 287 g/mol. The lowest BCUT2D eigenvalue weighted by Gasteiger charge is -2.31. The number of nitro benzene ring substituents is 1. The van der Waals surface area contributed by atoms with E-state index in [0.29, 0.717) is 19.0 Å². The number of rotatable bonds is 5. The molecule has 0 unspecified atom stereocenters. The first kappa shape index (κ1) is 15.3. The molecule has 0 aliphatic carbocycles. The summed E-state index contributed by atoms with van der Waals surface area (Å²) in [6, 6.07) is 5.77. The molecule has 1 aromatic rings. The summed E-state index contributed by atoms with van der Waals surface area (Å²) in [4.78, 5) is 13.0. The molecule has 0 saturated carbocycles. The van der Waals surface area contributed by atoms with Crippen molar-refractivity contribution < 1.29 is 4.92 Å². The Hall–Kier alpha value is -2.06. The van der Waals surface area contributed by atoms with Crippen molar-refractivity contribution in [2.45, 2.75) is 32.2 Å². The van der Waals surface area contributed by atoms with Crippen LogP contribution in [-0.2, 0) is 6.42 Å². The fraction of sp³-hybridized carbons (Fsp3) is 0.500. The van der Waals surface area contributed by atoms with E-state index in [1.807, 2.05) is 19.1 Å². The van der Waals surface area contributed by atoms with Crippen LogP contribution in [0.2, 0.25) is 0 Å². The maximum Gasteiger partial charge on any atom is 0.274 e. The van der Waals surface area contributed by atoms with Gasteiger partial charge in [-0.3, -0.25) is 15.0 Å². The molecule has 1 fully saturated rings. The van der Waals surface area contributed by atoms with Crippen LogP contribution in [0.25, 0.3) is 0 Å². The van der Waals surface area contributed by atoms with E-state index in [1.54, 1.807) is 6.07 Å². The third-order valence-electron chi connectivity index (χ3n) is 3.94. The minimum Gasteiger partial charge on any atom is -0.382 e.